The number of aliphatic hydroxyl groups excluding tert-OH is 1. The molecule has 2 aliphatic rings. The summed E-state index contributed by atoms with van der Waals surface area (Å²) >= 11 is 0. The van der Waals surface area contributed by atoms with E-state index in [4.69, 9.17) is 0 Å². The summed E-state index contributed by atoms with van der Waals surface area (Å²) in [6.07, 6.45) is 5.72. The molecule has 2 aliphatic heterocycles. The minimum absolute atomic E-state index is 0.262. The third-order valence-electron chi connectivity index (χ3n) is 5.19. The van der Waals surface area contributed by atoms with Gasteiger partial charge in [0.15, 0.2) is 0 Å². The first-order valence-corrected chi connectivity index (χ1v) is 8.02. The van der Waals surface area contributed by atoms with E-state index in [9.17, 15) is 9.50 Å². The third kappa shape index (κ3) is 3.44. The van der Waals surface area contributed by atoms with Gasteiger partial charge < -0.3 is 15.3 Å². The van der Waals surface area contributed by atoms with E-state index in [0.29, 0.717) is 24.7 Å². The van der Waals surface area contributed by atoms with Crippen molar-refractivity contribution in [1.82, 2.24) is 10.2 Å². The average molecular weight is 292 g/mol. The van der Waals surface area contributed by atoms with Crippen LogP contribution >= 0.6 is 0 Å². The standard InChI is InChI=1S/C17H25FN2O/c1-20-15-3-2-4-16(20)10-14(9-15)19-11-17(21)12-5-7-13(18)8-6-12/h5-8,14-17,19,21H,2-4,9-11H2,1H3. The van der Waals surface area contributed by atoms with Crippen molar-refractivity contribution in [2.45, 2.75) is 56.3 Å². The molecule has 4 heteroatoms. The van der Waals surface area contributed by atoms with Gasteiger partial charge in [0.2, 0.25) is 0 Å². The Morgan fingerprint density at radius 3 is 2.48 bits per heavy atom. The zero-order chi connectivity index (χ0) is 14.8. The minimum Gasteiger partial charge on any atom is -0.387 e. The van der Waals surface area contributed by atoms with Crippen LogP contribution in [0.4, 0.5) is 4.39 Å². The molecule has 0 aromatic heterocycles. The second-order valence-corrected chi connectivity index (χ2v) is 6.55. The highest BCUT2D eigenvalue weighted by molar-refractivity contribution is 5.18. The van der Waals surface area contributed by atoms with Gasteiger partial charge in [0.25, 0.3) is 0 Å². The van der Waals surface area contributed by atoms with Crippen molar-refractivity contribution in [1.29, 1.82) is 0 Å². The molecule has 3 nitrogen and oxygen atoms in total. The predicted molar refractivity (Wildman–Crippen MR) is 81.6 cm³/mol. The summed E-state index contributed by atoms with van der Waals surface area (Å²) in [5, 5.41) is 13.7. The van der Waals surface area contributed by atoms with E-state index in [1.54, 1.807) is 12.1 Å². The molecule has 1 aromatic carbocycles. The summed E-state index contributed by atoms with van der Waals surface area (Å²) in [6.45, 7) is 0.541. The smallest absolute Gasteiger partial charge is 0.123 e. The number of piperidine rings is 2. The molecule has 3 atom stereocenters. The van der Waals surface area contributed by atoms with Crippen molar-refractivity contribution in [3.63, 3.8) is 0 Å². The minimum atomic E-state index is -0.565. The number of nitrogens with zero attached hydrogens (tertiary/aromatic N) is 1. The monoisotopic (exact) mass is 292 g/mol. The van der Waals surface area contributed by atoms with E-state index in [1.807, 2.05) is 0 Å². The van der Waals surface area contributed by atoms with E-state index in [1.165, 1.54) is 44.2 Å². The van der Waals surface area contributed by atoms with E-state index in [2.05, 4.69) is 17.3 Å². The average Bonchev–Trinajstić information content (AvgIpc) is 2.46. The van der Waals surface area contributed by atoms with Crippen LogP contribution in [0.2, 0.25) is 0 Å². The molecular formula is C17H25FN2O. The van der Waals surface area contributed by atoms with Gasteiger partial charge in [0.1, 0.15) is 5.82 Å². The van der Waals surface area contributed by atoms with Gasteiger partial charge in [-0.05, 0) is 50.4 Å². The van der Waals surface area contributed by atoms with Crippen LogP contribution < -0.4 is 5.32 Å². The van der Waals surface area contributed by atoms with Gasteiger partial charge in [-0.1, -0.05) is 18.6 Å². The van der Waals surface area contributed by atoms with Crippen molar-refractivity contribution in [2.24, 2.45) is 0 Å². The number of benzene rings is 1. The van der Waals surface area contributed by atoms with Crippen molar-refractivity contribution in [3.05, 3.63) is 35.6 Å². The van der Waals surface area contributed by atoms with Gasteiger partial charge in [-0.15, -0.1) is 0 Å². The first-order valence-electron chi connectivity index (χ1n) is 8.02. The fourth-order valence-corrected chi connectivity index (χ4v) is 3.86. The van der Waals surface area contributed by atoms with Crippen molar-refractivity contribution < 1.29 is 9.50 Å². The molecule has 2 heterocycles. The van der Waals surface area contributed by atoms with E-state index in [-0.39, 0.29) is 5.82 Å². The summed E-state index contributed by atoms with van der Waals surface area (Å²) < 4.78 is 12.9. The van der Waals surface area contributed by atoms with Crippen molar-refractivity contribution in [3.8, 4) is 0 Å². The van der Waals surface area contributed by atoms with Gasteiger partial charge in [0.05, 0.1) is 6.10 Å². The molecule has 1 aromatic rings. The van der Waals surface area contributed by atoms with Crippen LogP contribution in [0.15, 0.2) is 24.3 Å². The lowest BCUT2D eigenvalue weighted by atomic mass is 9.82. The fraction of sp³-hybridized carbons (Fsp3) is 0.647. The number of nitrogens with one attached hydrogen (secondary N) is 1. The maximum Gasteiger partial charge on any atom is 0.123 e. The molecule has 2 N–H and O–H groups in total. The van der Waals surface area contributed by atoms with Crippen LogP contribution in [0.1, 0.15) is 43.8 Å². The van der Waals surface area contributed by atoms with Crippen LogP contribution in [0.5, 0.6) is 0 Å². The zero-order valence-corrected chi connectivity index (χ0v) is 12.6. The zero-order valence-electron chi connectivity index (χ0n) is 12.6. The lowest BCUT2D eigenvalue weighted by Crippen LogP contribution is -2.54. The second kappa shape index (κ2) is 6.42. The third-order valence-corrected chi connectivity index (χ3v) is 5.19. The molecule has 2 fully saturated rings. The molecule has 2 saturated heterocycles. The van der Waals surface area contributed by atoms with E-state index >= 15 is 0 Å². The molecule has 0 saturated carbocycles. The van der Waals surface area contributed by atoms with E-state index in [0.717, 1.165) is 5.56 Å². The summed E-state index contributed by atoms with van der Waals surface area (Å²) in [7, 11) is 2.25. The Morgan fingerprint density at radius 1 is 1.24 bits per heavy atom. The van der Waals surface area contributed by atoms with E-state index < -0.39 is 6.10 Å². The number of hydrogen-bond acceptors (Lipinski definition) is 3. The highest BCUT2D eigenvalue weighted by atomic mass is 19.1. The lowest BCUT2D eigenvalue weighted by molar-refractivity contribution is 0.0446. The molecule has 3 unspecified atom stereocenters. The maximum atomic E-state index is 12.9. The molecule has 21 heavy (non-hydrogen) atoms. The molecule has 0 aliphatic carbocycles. The highest BCUT2D eigenvalue weighted by Crippen LogP contribution is 2.32. The Bertz CT molecular complexity index is 450. The van der Waals surface area contributed by atoms with Crippen LogP contribution in [0.25, 0.3) is 0 Å². The summed E-state index contributed by atoms with van der Waals surface area (Å²) in [6, 6.07) is 8.00. The molecule has 0 spiro atoms. The Hall–Kier alpha value is -0.970. The number of fused-ring (bicyclic) bond motifs is 2. The highest BCUT2D eigenvalue weighted by Gasteiger charge is 2.35. The molecule has 2 bridgehead atoms. The molecular weight excluding hydrogens is 267 g/mol. The quantitative estimate of drug-likeness (QED) is 0.895. The number of rotatable bonds is 4. The second-order valence-electron chi connectivity index (χ2n) is 6.55. The Labute approximate surface area is 126 Å². The predicted octanol–water partition coefficient (Wildman–Crippen LogP) is 2.46. The summed E-state index contributed by atoms with van der Waals surface area (Å²) in [5.41, 5.74) is 0.775. The van der Waals surface area contributed by atoms with Crippen LogP contribution in [0, 0.1) is 5.82 Å². The number of aliphatic hydroxyl groups is 1. The van der Waals surface area contributed by atoms with Gasteiger partial charge in [-0.3, -0.25) is 0 Å². The van der Waals surface area contributed by atoms with Gasteiger partial charge in [0, 0.05) is 24.7 Å². The Balaban J connectivity index is 1.52. The molecule has 116 valence electrons. The first-order chi connectivity index (χ1) is 10.1. The number of hydrogen-bond donors (Lipinski definition) is 2. The lowest BCUT2D eigenvalue weighted by Gasteiger charge is -2.47. The summed E-state index contributed by atoms with van der Waals surface area (Å²) in [4.78, 5) is 2.54. The Morgan fingerprint density at radius 2 is 1.86 bits per heavy atom. The maximum absolute atomic E-state index is 12.9. The van der Waals surface area contributed by atoms with Gasteiger partial charge >= 0.3 is 0 Å². The van der Waals surface area contributed by atoms with Crippen LogP contribution in [0.3, 0.4) is 0 Å². The van der Waals surface area contributed by atoms with Crippen molar-refractivity contribution >= 4 is 0 Å². The largest absolute Gasteiger partial charge is 0.387 e. The molecule has 3 rings (SSSR count). The molecule has 0 radical (unpaired) electrons. The summed E-state index contributed by atoms with van der Waals surface area (Å²) in [5.74, 6) is -0.262. The van der Waals surface area contributed by atoms with Gasteiger partial charge in [-0.2, -0.15) is 0 Å². The van der Waals surface area contributed by atoms with Crippen LogP contribution in [-0.2, 0) is 0 Å². The van der Waals surface area contributed by atoms with Crippen LogP contribution in [-0.4, -0.2) is 41.7 Å². The topological polar surface area (TPSA) is 35.5 Å². The Kier molecular flexibility index (Phi) is 4.57. The fourth-order valence-electron chi connectivity index (χ4n) is 3.86. The number of halogens is 1. The van der Waals surface area contributed by atoms with Crippen molar-refractivity contribution in [2.75, 3.05) is 13.6 Å². The van der Waals surface area contributed by atoms with Gasteiger partial charge in [-0.25, -0.2) is 4.39 Å². The SMILES string of the molecule is CN1C2CCCC1CC(NCC(O)c1ccc(F)cc1)C2. The first kappa shape index (κ1) is 14.9. The normalized spacial score (nSPS) is 31.1. The molecule has 0 amide bonds.